The van der Waals surface area contributed by atoms with E-state index in [2.05, 4.69) is 0 Å². The van der Waals surface area contributed by atoms with Gasteiger partial charge in [-0.1, -0.05) is 37.6 Å². The third-order valence-electron chi connectivity index (χ3n) is 5.61. The van der Waals surface area contributed by atoms with E-state index in [1.165, 1.54) is 4.90 Å². The molecule has 1 aliphatic heterocycles. The summed E-state index contributed by atoms with van der Waals surface area (Å²) >= 11 is 0. The first-order valence-electron chi connectivity index (χ1n) is 10.6. The van der Waals surface area contributed by atoms with Crippen molar-refractivity contribution >= 4 is 17.4 Å². The monoisotopic (exact) mass is 423 g/mol. The van der Waals surface area contributed by atoms with Gasteiger partial charge in [0, 0.05) is 12.1 Å². The highest BCUT2D eigenvalue weighted by Crippen LogP contribution is 2.40. The summed E-state index contributed by atoms with van der Waals surface area (Å²) in [6.45, 7) is 6.36. The number of carbonyl (C=O) groups is 2. The van der Waals surface area contributed by atoms with Crippen molar-refractivity contribution in [3.8, 4) is 5.75 Å². The lowest BCUT2D eigenvalue weighted by Gasteiger charge is -2.25. The minimum atomic E-state index is -0.703. The Bertz CT molecular complexity index is 1010. The van der Waals surface area contributed by atoms with Gasteiger partial charge in [-0.25, -0.2) is 0 Å². The number of unbranched alkanes of at least 4 members (excludes halogenated alkanes) is 1. The molecule has 1 fully saturated rings. The van der Waals surface area contributed by atoms with E-state index in [0.717, 1.165) is 24.0 Å². The number of hydrogen-bond donors (Lipinski definition) is 2. The third kappa shape index (κ3) is 4.64. The molecule has 6 heteroatoms. The maximum Gasteiger partial charge on any atom is 0.295 e. The van der Waals surface area contributed by atoms with E-state index in [-0.39, 0.29) is 24.5 Å². The SMILES string of the molecule is CCCCN1C(=O)C(=O)/C(=C(\O)c2ccc(C)c(C)c2)C1c1cccc(OCCO)c1. The second kappa shape index (κ2) is 9.79. The number of ether oxygens (including phenoxy) is 1. The highest BCUT2D eigenvalue weighted by atomic mass is 16.5. The second-order valence-corrected chi connectivity index (χ2v) is 7.79. The Morgan fingerprint density at radius 1 is 1.10 bits per heavy atom. The standard InChI is InChI=1S/C25H29NO5/c1-4-5-11-26-22(18-7-6-8-20(15-18)31-13-12-27)21(24(29)25(26)30)23(28)19-10-9-16(2)17(3)14-19/h6-10,14-15,22,27-28H,4-5,11-13H2,1-3H3/b23-21-. The average Bonchev–Trinajstić information content (AvgIpc) is 3.02. The van der Waals surface area contributed by atoms with E-state index in [1.807, 2.05) is 39.0 Å². The summed E-state index contributed by atoms with van der Waals surface area (Å²) in [5.74, 6) is -0.935. The Morgan fingerprint density at radius 3 is 2.55 bits per heavy atom. The number of aliphatic hydroxyl groups excluding tert-OH is 2. The molecular formula is C25H29NO5. The lowest BCUT2D eigenvalue weighted by Crippen LogP contribution is -2.30. The van der Waals surface area contributed by atoms with Crippen LogP contribution < -0.4 is 4.74 Å². The van der Waals surface area contributed by atoms with E-state index in [4.69, 9.17) is 9.84 Å². The number of aryl methyl sites for hydroxylation is 2. The maximum atomic E-state index is 13.0. The molecule has 3 rings (SSSR count). The predicted octanol–water partition coefficient (Wildman–Crippen LogP) is 3.90. The van der Waals surface area contributed by atoms with Crippen molar-refractivity contribution in [1.82, 2.24) is 4.90 Å². The number of Topliss-reactive ketones (excluding diaryl/α,β-unsaturated/α-hetero) is 1. The van der Waals surface area contributed by atoms with E-state index < -0.39 is 17.7 Å². The summed E-state index contributed by atoms with van der Waals surface area (Å²) in [7, 11) is 0. The Kier molecular flexibility index (Phi) is 7.13. The van der Waals surface area contributed by atoms with Gasteiger partial charge in [0.2, 0.25) is 0 Å². The van der Waals surface area contributed by atoms with Crippen molar-refractivity contribution in [2.75, 3.05) is 19.8 Å². The highest BCUT2D eigenvalue weighted by Gasteiger charge is 2.45. The molecule has 0 radical (unpaired) electrons. The van der Waals surface area contributed by atoms with E-state index in [0.29, 0.717) is 23.4 Å². The van der Waals surface area contributed by atoms with Crippen molar-refractivity contribution in [3.63, 3.8) is 0 Å². The van der Waals surface area contributed by atoms with Gasteiger partial charge in [0.15, 0.2) is 0 Å². The number of carbonyl (C=O) groups excluding carboxylic acids is 2. The Labute approximate surface area is 182 Å². The maximum absolute atomic E-state index is 13.0. The largest absolute Gasteiger partial charge is 0.507 e. The molecule has 1 atom stereocenters. The number of aliphatic hydroxyl groups is 2. The molecule has 2 N–H and O–H groups in total. The fourth-order valence-electron chi connectivity index (χ4n) is 3.77. The summed E-state index contributed by atoms with van der Waals surface area (Å²) < 4.78 is 5.52. The number of ketones is 1. The van der Waals surface area contributed by atoms with E-state index >= 15 is 0 Å². The second-order valence-electron chi connectivity index (χ2n) is 7.79. The fourth-order valence-corrected chi connectivity index (χ4v) is 3.77. The van der Waals surface area contributed by atoms with Crippen LogP contribution in [0.1, 0.15) is 48.1 Å². The van der Waals surface area contributed by atoms with Crippen LogP contribution in [0.3, 0.4) is 0 Å². The molecule has 1 unspecified atom stereocenters. The molecule has 0 aliphatic carbocycles. The first-order valence-corrected chi connectivity index (χ1v) is 10.6. The topological polar surface area (TPSA) is 87.1 Å². The molecule has 6 nitrogen and oxygen atoms in total. The average molecular weight is 424 g/mol. The molecule has 2 aromatic rings. The number of likely N-dealkylation sites (tertiary alicyclic amines) is 1. The molecule has 1 heterocycles. The van der Waals surface area contributed by atoms with Gasteiger partial charge >= 0.3 is 0 Å². The van der Waals surface area contributed by atoms with E-state index in [9.17, 15) is 14.7 Å². The van der Waals surface area contributed by atoms with Crippen LogP contribution in [-0.2, 0) is 9.59 Å². The van der Waals surface area contributed by atoms with Crippen molar-refractivity contribution < 1.29 is 24.5 Å². The zero-order valence-corrected chi connectivity index (χ0v) is 18.2. The van der Waals surface area contributed by atoms with E-state index in [1.54, 1.807) is 24.3 Å². The van der Waals surface area contributed by atoms with Gasteiger partial charge in [0.05, 0.1) is 18.2 Å². The molecule has 0 aromatic heterocycles. The zero-order chi connectivity index (χ0) is 22.5. The van der Waals surface area contributed by atoms with Crippen molar-refractivity contribution in [2.45, 2.75) is 39.7 Å². The normalized spacial score (nSPS) is 17.9. The molecule has 1 amide bonds. The smallest absolute Gasteiger partial charge is 0.295 e. The summed E-state index contributed by atoms with van der Waals surface area (Å²) in [5.41, 5.74) is 3.33. The number of benzene rings is 2. The lowest BCUT2D eigenvalue weighted by atomic mass is 9.94. The summed E-state index contributed by atoms with van der Waals surface area (Å²) in [5, 5.41) is 20.2. The first-order chi connectivity index (χ1) is 14.9. The molecule has 1 saturated heterocycles. The van der Waals surface area contributed by atoms with Gasteiger partial charge in [0.1, 0.15) is 18.1 Å². The molecule has 1 aliphatic rings. The summed E-state index contributed by atoms with van der Waals surface area (Å²) in [4.78, 5) is 27.4. The van der Waals surface area contributed by atoms with Gasteiger partial charge in [-0.05, 0) is 55.2 Å². The zero-order valence-electron chi connectivity index (χ0n) is 18.2. The molecule has 164 valence electrons. The lowest BCUT2D eigenvalue weighted by molar-refractivity contribution is -0.139. The minimum Gasteiger partial charge on any atom is -0.507 e. The molecule has 0 spiro atoms. The molecule has 0 bridgehead atoms. The number of rotatable bonds is 8. The van der Waals surface area contributed by atoms with Crippen LogP contribution in [-0.4, -0.2) is 46.6 Å². The summed E-state index contributed by atoms with van der Waals surface area (Å²) in [6, 6.07) is 11.9. The summed E-state index contributed by atoms with van der Waals surface area (Å²) in [6.07, 6.45) is 1.61. The van der Waals surface area contributed by atoms with Gasteiger partial charge in [-0.2, -0.15) is 0 Å². The molecule has 31 heavy (non-hydrogen) atoms. The third-order valence-corrected chi connectivity index (χ3v) is 5.61. The van der Waals surface area contributed by atoms with Gasteiger partial charge < -0.3 is 19.8 Å². The van der Waals surface area contributed by atoms with Crippen LogP contribution in [0.4, 0.5) is 0 Å². The molecule has 2 aromatic carbocycles. The molecule has 0 saturated carbocycles. The van der Waals surface area contributed by atoms with Gasteiger partial charge in [0.25, 0.3) is 11.7 Å². The van der Waals surface area contributed by atoms with Crippen LogP contribution in [0.5, 0.6) is 5.75 Å². The molecular weight excluding hydrogens is 394 g/mol. The number of nitrogens with zero attached hydrogens (tertiary/aromatic N) is 1. The quantitative estimate of drug-likeness (QED) is 0.382. The number of hydrogen-bond acceptors (Lipinski definition) is 5. The Hall–Kier alpha value is -3.12. The fraction of sp³-hybridized carbons (Fsp3) is 0.360. The Balaban J connectivity index is 2.14. The Morgan fingerprint density at radius 2 is 1.87 bits per heavy atom. The number of amides is 1. The van der Waals surface area contributed by atoms with Gasteiger partial charge in [-0.15, -0.1) is 0 Å². The predicted molar refractivity (Wildman–Crippen MR) is 119 cm³/mol. The van der Waals surface area contributed by atoms with Crippen molar-refractivity contribution in [3.05, 3.63) is 70.3 Å². The van der Waals surface area contributed by atoms with Crippen LogP contribution in [0.25, 0.3) is 5.76 Å². The highest BCUT2D eigenvalue weighted by molar-refractivity contribution is 6.46. The van der Waals surface area contributed by atoms with Crippen LogP contribution in [0, 0.1) is 13.8 Å². The van der Waals surface area contributed by atoms with Crippen molar-refractivity contribution in [2.24, 2.45) is 0 Å². The van der Waals surface area contributed by atoms with Crippen LogP contribution >= 0.6 is 0 Å². The first kappa shape index (κ1) is 22.6. The van der Waals surface area contributed by atoms with Crippen molar-refractivity contribution in [1.29, 1.82) is 0 Å². The van der Waals surface area contributed by atoms with Crippen LogP contribution in [0.15, 0.2) is 48.0 Å². The van der Waals surface area contributed by atoms with Crippen LogP contribution in [0.2, 0.25) is 0 Å². The van der Waals surface area contributed by atoms with Gasteiger partial charge in [-0.3, -0.25) is 9.59 Å². The minimum absolute atomic E-state index is 0.0867.